The minimum absolute atomic E-state index is 0.0973. The average molecular weight is 340 g/mol. The van der Waals surface area contributed by atoms with Crippen LogP contribution in [0.3, 0.4) is 0 Å². The van der Waals surface area contributed by atoms with Gasteiger partial charge in [-0.15, -0.1) is 0 Å². The highest BCUT2D eigenvalue weighted by Crippen LogP contribution is 2.11. The van der Waals surface area contributed by atoms with Crippen molar-refractivity contribution in [2.24, 2.45) is 0 Å². The SMILES string of the molecule is Cc1ccc(NC(=O)N2CCN(C(=O)c3cccc[n+]3[O-])CC2)cc1. The van der Waals surface area contributed by atoms with Crippen LogP contribution in [0.1, 0.15) is 16.1 Å². The lowest BCUT2D eigenvalue weighted by Gasteiger charge is -2.34. The predicted octanol–water partition coefficient (Wildman–Crippen LogP) is 1.62. The molecule has 25 heavy (non-hydrogen) atoms. The molecule has 1 aromatic carbocycles. The van der Waals surface area contributed by atoms with E-state index < -0.39 is 0 Å². The number of nitrogens with zero attached hydrogens (tertiary/aromatic N) is 3. The molecule has 7 nitrogen and oxygen atoms in total. The Morgan fingerprint density at radius 3 is 2.28 bits per heavy atom. The first kappa shape index (κ1) is 16.8. The summed E-state index contributed by atoms with van der Waals surface area (Å²) in [5, 5.41) is 14.6. The lowest BCUT2D eigenvalue weighted by molar-refractivity contribution is -0.608. The monoisotopic (exact) mass is 340 g/mol. The van der Waals surface area contributed by atoms with Crippen molar-refractivity contribution in [3.05, 3.63) is 65.1 Å². The Labute approximate surface area is 146 Å². The summed E-state index contributed by atoms with van der Waals surface area (Å²) in [6, 6.07) is 12.1. The first-order valence-corrected chi connectivity index (χ1v) is 8.14. The van der Waals surface area contributed by atoms with Crippen LogP contribution >= 0.6 is 0 Å². The molecule has 3 amide bonds. The van der Waals surface area contributed by atoms with Crippen LogP contribution < -0.4 is 10.0 Å². The Balaban J connectivity index is 1.56. The molecule has 3 rings (SSSR count). The first-order chi connectivity index (χ1) is 12.0. The van der Waals surface area contributed by atoms with Gasteiger partial charge in [0.15, 0.2) is 6.20 Å². The van der Waals surface area contributed by atoms with Crippen molar-refractivity contribution in [1.29, 1.82) is 0 Å². The third kappa shape index (κ3) is 3.88. The maximum atomic E-state index is 12.4. The van der Waals surface area contributed by atoms with E-state index in [1.165, 1.54) is 12.3 Å². The van der Waals surface area contributed by atoms with Crippen LogP contribution in [0.5, 0.6) is 0 Å². The van der Waals surface area contributed by atoms with Crippen molar-refractivity contribution in [1.82, 2.24) is 9.80 Å². The summed E-state index contributed by atoms with van der Waals surface area (Å²) < 4.78 is 0.568. The number of hydrogen-bond acceptors (Lipinski definition) is 3. The number of rotatable bonds is 2. The summed E-state index contributed by atoms with van der Waals surface area (Å²) in [5.41, 5.74) is 1.97. The Morgan fingerprint density at radius 1 is 1.00 bits per heavy atom. The number of pyridine rings is 1. The van der Waals surface area contributed by atoms with E-state index in [9.17, 15) is 14.8 Å². The molecule has 2 heterocycles. The topological polar surface area (TPSA) is 79.6 Å². The number of anilines is 1. The molecule has 1 saturated heterocycles. The third-order valence-electron chi connectivity index (χ3n) is 4.20. The largest absolute Gasteiger partial charge is 0.618 e. The molecule has 1 N–H and O–H groups in total. The zero-order chi connectivity index (χ0) is 17.8. The number of aromatic nitrogens is 1. The number of urea groups is 1. The molecular weight excluding hydrogens is 320 g/mol. The highest BCUT2D eigenvalue weighted by Gasteiger charge is 2.28. The molecule has 0 aliphatic carbocycles. The summed E-state index contributed by atoms with van der Waals surface area (Å²) >= 11 is 0. The molecule has 0 bridgehead atoms. The molecule has 1 aromatic heterocycles. The van der Waals surface area contributed by atoms with Gasteiger partial charge in [0.05, 0.1) is 0 Å². The normalized spacial score (nSPS) is 14.3. The van der Waals surface area contributed by atoms with Crippen molar-refractivity contribution in [3.8, 4) is 0 Å². The molecule has 130 valence electrons. The summed E-state index contributed by atoms with van der Waals surface area (Å²) in [5.74, 6) is -0.311. The maximum absolute atomic E-state index is 12.4. The lowest BCUT2D eigenvalue weighted by atomic mass is 10.2. The van der Waals surface area contributed by atoms with Gasteiger partial charge in [-0.1, -0.05) is 17.7 Å². The van der Waals surface area contributed by atoms with Gasteiger partial charge in [-0.2, -0.15) is 4.73 Å². The van der Waals surface area contributed by atoms with E-state index in [1.54, 1.807) is 21.9 Å². The Morgan fingerprint density at radius 2 is 1.64 bits per heavy atom. The molecular formula is C18H20N4O3. The fraction of sp³-hybridized carbons (Fsp3) is 0.278. The van der Waals surface area contributed by atoms with Crippen LogP contribution in [0.25, 0.3) is 0 Å². The van der Waals surface area contributed by atoms with Gasteiger partial charge in [0, 0.05) is 44.0 Å². The van der Waals surface area contributed by atoms with E-state index in [0.29, 0.717) is 30.9 Å². The standard InChI is InChI=1S/C18H20N4O3/c1-14-5-7-15(8-6-14)19-18(24)21-12-10-20(11-13-21)17(23)16-4-2-3-9-22(16)25/h2-9H,10-13H2,1H3,(H,19,24). The summed E-state index contributed by atoms with van der Waals surface area (Å²) in [7, 11) is 0. The van der Waals surface area contributed by atoms with Crippen LogP contribution in [0.2, 0.25) is 0 Å². The van der Waals surface area contributed by atoms with Gasteiger partial charge < -0.3 is 20.3 Å². The summed E-state index contributed by atoms with van der Waals surface area (Å²) in [6.45, 7) is 3.63. The second-order valence-electron chi connectivity index (χ2n) is 5.99. The number of carbonyl (C=O) groups excluding carboxylic acids is 2. The van der Waals surface area contributed by atoms with Crippen molar-refractivity contribution in [3.63, 3.8) is 0 Å². The van der Waals surface area contributed by atoms with E-state index in [1.807, 2.05) is 31.2 Å². The van der Waals surface area contributed by atoms with Crippen LogP contribution in [0.4, 0.5) is 10.5 Å². The zero-order valence-corrected chi connectivity index (χ0v) is 14.0. The molecule has 0 radical (unpaired) electrons. The Bertz CT molecular complexity index is 768. The molecule has 0 spiro atoms. The number of amides is 3. The smallest absolute Gasteiger partial charge is 0.321 e. The zero-order valence-electron chi connectivity index (χ0n) is 14.0. The first-order valence-electron chi connectivity index (χ1n) is 8.14. The minimum atomic E-state index is -0.311. The average Bonchev–Trinajstić information content (AvgIpc) is 2.63. The summed E-state index contributed by atoms with van der Waals surface area (Å²) in [6.07, 6.45) is 1.30. The van der Waals surface area contributed by atoms with Gasteiger partial charge in [-0.3, -0.25) is 4.79 Å². The van der Waals surface area contributed by atoms with Gasteiger partial charge in [0.25, 0.3) is 5.69 Å². The van der Waals surface area contributed by atoms with E-state index in [2.05, 4.69) is 5.32 Å². The highest BCUT2D eigenvalue weighted by atomic mass is 16.5. The van der Waals surface area contributed by atoms with Gasteiger partial charge in [-0.25, -0.2) is 4.79 Å². The van der Waals surface area contributed by atoms with Gasteiger partial charge in [-0.05, 0) is 25.1 Å². The maximum Gasteiger partial charge on any atom is 0.321 e. The second kappa shape index (κ2) is 7.21. The van der Waals surface area contributed by atoms with E-state index in [0.717, 1.165) is 11.3 Å². The molecule has 1 aliphatic heterocycles. The lowest BCUT2D eigenvalue weighted by Crippen LogP contribution is -2.53. The van der Waals surface area contributed by atoms with Gasteiger partial charge in [0.1, 0.15) is 0 Å². The molecule has 1 aliphatic rings. The van der Waals surface area contributed by atoms with Crippen molar-refractivity contribution in [2.45, 2.75) is 6.92 Å². The number of carbonyl (C=O) groups is 2. The molecule has 7 heteroatoms. The predicted molar refractivity (Wildman–Crippen MR) is 93.1 cm³/mol. The third-order valence-corrected chi connectivity index (χ3v) is 4.20. The Hall–Kier alpha value is -3.09. The number of piperazine rings is 1. The van der Waals surface area contributed by atoms with Crippen molar-refractivity contribution in [2.75, 3.05) is 31.5 Å². The quantitative estimate of drug-likeness (QED) is 0.666. The number of benzene rings is 1. The number of nitrogens with one attached hydrogen (secondary N) is 1. The van der Waals surface area contributed by atoms with Gasteiger partial charge >= 0.3 is 11.9 Å². The summed E-state index contributed by atoms with van der Waals surface area (Å²) in [4.78, 5) is 28.0. The van der Waals surface area contributed by atoms with Crippen LogP contribution in [0, 0.1) is 12.1 Å². The number of aryl methyl sites for hydroxylation is 1. The van der Waals surface area contributed by atoms with Gasteiger partial charge in [0.2, 0.25) is 0 Å². The molecule has 0 saturated carbocycles. The Kier molecular flexibility index (Phi) is 4.83. The molecule has 0 unspecified atom stereocenters. The van der Waals surface area contributed by atoms with Crippen LogP contribution in [-0.2, 0) is 0 Å². The van der Waals surface area contributed by atoms with Crippen LogP contribution in [-0.4, -0.2) is 47.9 Å². The molecule has 1 fully saturated rings. The fourth-order valence-electron chi connectivity index (χ4n) is 2.71. The highest BCUT2D eigenvalue weighted by molar-refractivity contribution is 5.92. The number of hydrogen-bond donors (Lipinski definition) is 1. The van der Waals surface area contributed by atoms with Crippen LogP contribution in [0.15, 0.2) is 48.7 Å². The van der Waals surface area contributed by atoms with Crippen molar-refractivity contribution < 1.29 is 14.3 Å². The molecule has 2 aromatic rings. The van der Waals surface area contributed by atoms with E-state index in [-0.39, 0.29) is 17.6 Å². The molecule has 0 atom stereocenters. The fourth-order valence-corrected chi connectivity index (χ4v) is 2.71. The minimum Gasteiger partial charge on any atom is -0.618 e. The second-order valence-corrected chi connectivity index (χ2v) is 5.99. The van der Waals surface area contributed by atoms with E-state index in [4.69, 9.17) is 0 Å². The van der Waals surface area contributed by atoms with E-state index >= 15 is 0 Å². The van der Waals surface area contributed by atoms with Crippen molar-refractivity contribution >= 4 is 17.6 Å².